The third kappa shape index (κ3) is 4.06. The Kier molecular flexibility index (Phi) is 7.20. The Morgan fingerprint density at radius 3 is 2.32 bits per heavy atom. The van der Waals surface area contributed by atoms with Crippen LogP contribution in [-0.4, -0.2) is 41.0 Å². The van der Waals surface area contributed by atoms with Crippen LogP contribution >= 0.6 is 63.7 Å². The number of rotatable bonds is 7. The van der Waals surface area contributed by atoms with Gasteiger partial charge in [0.15, 0.2) is 0 Å². The topological polar surface area (TPSA) is 44.0 Å². The number of aromatic nitrogens is 2. The molecule has 1 heterocycles. The third-order valence-corrected chi connectivity index (χ3v) is 8.16. The minimum absolute atomic E-state index is 0.786. The molecular weight excluding hydrogens is 544 g/mol. The van der Waals surface area contributed by atoms with Crippen LogP contribution in [0.15, 0.2) is 17.9 Å². The number of fused-ring (bicyclic) bond motifs is 1. The van der Waals surface area contributed by atoms with E-state index in [4.69, 9.17) is 0 Å². The van der Waals surface area contributed by atoms with Crippen LogP contribution in [-0.2, 0) is 0 Å². The van der Waals surface area contributed by atoms with Crippen LogP contribution in [0.5, 0.6) is 0 Å². The number of anilines is 1. The Bertz CT molecular complexity index is 611. The van der Waals surface area contributed by atoms with Gasteiger partial charge in [0, 0.05) is 22.0 Å². The van der Waals surface area contributed by atoms with Crippen molar-refractivity contribution in [3.05, 3.63) is 17.9 Å². The van der Waals surface area contributed by atoms with Crippen molar-refractivity contribution in [1.29, 1.82) is 0 Å². The summed E-state index contributed by atoms with van der Waals surface area (Å²) in [5, 5.41) is 3.37. The normalized spacial score (nSPS) is 11.6. The number of hydrogen-bond acceptors (Lipinski definition) is 3. The Morgan fingerprint density at radius 2 is 1.68 bits per heavy atom. The van der Waals surface area contributed by atoms with Gasteiger partial charge in [-0.25, -0.2) is 4.98 Å². The van der Waals surface area contributed by atoms with E-state index in [0.717, 1.165) is 61.1 Å². The molecule has 8 heteroatoms. The first kappa shape index (κ1) is 18.7. The molecule has 2 N–H and O–H groups in total. The molecule has 2 aromatic rings. The highest BCUT2D eigenvalue weighted by Gasteiger charge is 2.17. The van der Waals surface area contributed by atoms with Crippen LogP contribution < -0.4 is 5.32 Å². The first-order valence-electron chi connectivity index (χ1n) is 7.17. The highest BCUT2D eigenvalue weighted by atomic mass is 79.9. The van der Waals surface area contributed by atoms with Crippen molar-refractivity contribution in [3.8, 4) is 0 Å². The molecule has 0 saturated carbocycles. The maximum absolute atomic E-state index is 4.63. The molecule has 0 aliphatic rings. The quantitative estimate of drug-likeness (QED) is 0.334. The van der Waals surface area contributed by atoms with E-state index in [9.17, 15) is 0 Å². The highest BCUT2D eigenvalue weighted by molar-refractivity contribution is 9.15. The molecule has 0 bridgehead atoms. The van der Waals surface area contributed by atoms with Crippen LogP contribution in [0.4, 0.5) is 5.95 Å². The van der Waals surface area contributed by atoms with Gasteiger partial charge in [-0.2, -0.15) is 0 Å². The fraction of sp³-hybridized carbons (Fsp3) is 0.500. The lowest BCUT2D eigenvalue weighted by atomic mass is 10.3. The monoisotopic (exact) mass is 558 g/mol. The average Bonchev–Trinajstić information content (AvgIpc) is 2.94. The van der Waals surface area contributed by atoms with Crippen molar-refractivity contribution >= 4 is 80.7 Å². The van der Waals surface area contributed by atoms with Crippen LogP contribution in [0, 0.1) is 0 Å². The Balaban J connectivity index is 2.14. The zero-order chi connectivity index (χ0) is 16.3. The van der Waals surface area contributed by atoms with Gasteiger partial charge in [-0.3, -0.25) is 0 Å². The zero-order valence-electron chi connectivity index (χ0n) is 12.4. The van der Waals surface area contributed by atoms with Crippen molar-refractivity contribution in [2.24, 2.45) is 0 Å². The van der Waals surface area contributed by atoms with Crippen molar-refractivity contribution in [1.82, 2.24) is 14.9 Å². The van der Waals surface area contributed by atoms with Gasteiger partial charge in [0.25, 0.3) is 0 Å². The second kappa shape index (κ2) is 8.46. The van der Waals surface area contributed by atoms with E-state index in [0.29, 0.717) is 0 Å². The van der Waals surface area contributed by atoms with Gasteiger partial charge in [-0.15, -0.1) is 0 Å². The number of H-pyrrole nitrogens is 1. The number of benzene rings is 1. The molecule has 0 aliphatic heterocycles. The van der Waals surface area contributed by atoms with Crippen LogP contribution in [0.2, 0.25) is 0 Å². The van der Waals surface area contributed by atoms with Crippen molar-refractivity contribution in [2.45, 2.75) is 20.3 Å². The predicted octanol–water partition coefficient (Wildman–Crippen LogP) is 5.76. The molecule has 1 aromatic carbocycles. The summed E-state index contributed by atoms with van der Waals surface area (Å²) >= 11 is 14.3. The van der Waals surface area contributed by atoms with Crippen molar-refractivity contribution in [2.75, 3.05) is 31.5 Å². The minimum Gasteiger partial charge on any atom is -0.355 e. The molecule has 4 nitrogen and oxygen atoms in total. The molecule has 0 aliphatic carbocycles. The number of halogens is 4. The lowest BCUT2D eigenvalue weighted by molar-refractivity contribution is 0.300. The van der Waals surface area contributed by atoms with Gasteiger partial charge in [0.2, 0.25) is 5.95 Å². The summed E-state index contributed by atoms with van der Waals surface area (Å²) in [6, 6.07) is 0. The van der Waals surface area contributed by atoms with E-state index in [1.54, 1.807) is 0 Å². The summed E-state index contributed by atoms with van der Waals surface area (Å²) in [4.78, 5) is 10.4. The van der Waals surface area contributed by atoms with E-state index in [-0.39, 0.29) is 0 Å². The number of imidazole rings is 1. The largest absolute Gasteiger partial charge is 0.355 e. The second-order valence-electron chi connectivity index (χ2n) is 4.93. The van der Waals surface area contributed by atoms with E-state index in [2.05, 4.69) is 97.8 Å². The first-order valence-corrected chi connectivity index (χ1v) is 10.3. The summed E-state index contributed by atoms with van der Waals surface area (Å²) in [5.74, 6) is 0.786. The lowest BCUT2D eigenvalue weighted by Crippen LogP contribution is -2.29. The van der Waals surface area contributed by atoms with E-state index in [1.165, 1.54) is 6.42 Å². The maximum Gasteiger partial charge on any atom is 0.201 e. The molecule has 2 rings (SSSR count). The molecule has 0 saturated heterocycles. The number of nitrogens with one attached hydrogen (secondary N) is 2. The van der Waals surface area contributed by atoms with Gasteiger partial charge in [-0.05, 0) is 83.2 Å². The zero-order valence-corrected chi connectivity index (χ0v) is 18.8. The Labute approximate surface area is 164 Å². The summed E-state index contributed by atoms with van der Waals surface area (Å²) in [5.41, 5.74) is 1.86. The standard InChI is InChI=1S/C14H18Br4N4/c1-3-6-22(4-2)7-5-19-14-20-12-10(17)8(15)9(16)11(18)13(12)21-14/h3-7H2,1-2H3,(H2,19,20,21). The summed E-state index contributed by atoms with van der Waals surface area (Å²) < 4.78 is 3.80. The minimum atomic E-state index is 0.786. The molecule has 1 aromatic heterocycles. The molecule has 22 heavy (non-hydrogen) atoms. The van der Waals surface area contributed by atoms with Crippen LogP contribution in [0.3, 0.4) is 0 Å². The molecule has 0 spiro atoms. The molecular formula is C14H18Br4N4. The number of likely N-dealkylation sites (N-methyl/N-ethyl adjacent to an activating group) is 1. The van der Waals surface area contributed by atoms with Gasteiger partial charge in [0.05, 0.1) is 14.5 Å². The summed E-state index contributed by atoms with van der Waals surface area (Å²) in [6.45, 7) is 8.49. The highest BCUT2D eigenvalue weighted by Crippen LogP contribution is 2.42. The van der Waals surface area contributed by atoms with Gasteiger partial charge >= 0.3 is 0 Å². The summed E-state index contributed by atoms with van der Waals surface area (Å²) in [6.07, 6.45) is 1.18. The summed E-state index contributed by atoms with van der Waals surface area (Å²) in [7, 11) is 0. The average molecular weight is 562 g/mol. The second-order valence-corrected chi connectivity index (χ2v) is 8.10. The molecule has 0 atom stereocenters. The Morgan fingerprint density at radius 1 is 1.00 bits per heavy atom. The maximum atomic E-state index is 4.63. The smallest absolute Gasteiger partial charge is 0.201 e. The third-order valence-electron chi connectivity index (χ3n) is 3.42. The van der Waals surface area contributed by atoms with Gasteiger partial charge < -0.3 is 15.2 Å². The van der Waals surface area contributed by atoms with E-state index < -0.39 is 0 Å². The SMILES string of the molecule is CCCN(CC)CCNc1nc2c(Br)c(Br)c(Br)c(Br)c2[nH]1. The number of aromatic amines is 1. The fourth-order valence-corrected chi connectivity index (χ4v) is 4.54. The van der Waals surface area contributed by atoms with Crippen molar-refractivity contribution < 1.29 is 0 Å². The van der Waals surface area contributed by atoms with Crippen LogP contribution in [0.25, 0.3) is 11.0 Å². The molecule has 0 fully saturated rings. The fourth-order valence-electron chi connectivity index (χ4n) is 2.26. The van der Waals surface area contributed by atoms with Gasteiger partial charge in [-0.1, -0.05) is 13.8 Å². The van der Waals surface area contributed by atoms with Gasteiger partial charge in [0.1, 0.15) is 5.52 Å². The molecule has 0 unspecified atom stereocenters. The van der Waals surface area contributed by atoms with E-state index in [1.807, 2.05) is 0 Å². The number of hydrogen-bond donors (Lipinski definition) is 2. The molecule has 0 amide bonds. The lowest BCUT2D eigenvalue weighted by Gasteiger charge is -2.19. The predicted molar refractivity (Wildman–Crippen MR) is 108 cm³/mol. The molecule has 0 radical (unpaired) electrons. The number of nitrogens with zero attached hydrogens (tertiary/aromatic N) is 2. The van der Waals surface area contributed by atoms with Crippen molar-refractivity contribution in [3.63, 3.8) is 0 Å². The van der Waals surface area contributed by atoms with E-state index >= 15 is 0 Å². The Hall–Kier alpha value is 0.370. The first-order chi connectivity index (χ1) is 10.5. The molecule has 122 valence electrons. The van der Waals surface area contributed by atoms with Crippen LogP contribution in [0.1, 0.15) is 20.3 Å².